The normalized spacial score (nSPS) is 16.6. The molecule has 0 unspecified atom stereocenters. The lowest BCUT2D eigenvalue weighted by atomic mass is 10.2. The molecule has 108 valence electrons. The van der Waals surface area contributed by atoms with E-state index < -0.39 is 0 Å². The summed E-state index contributed by atoms with van der Waals surface area (Å²) >= 11 is 8.73. The minimum Gasteiger partial charge on any atom is -0.348 e. The average molecular weight is 356 g/mol. The molecule has 1 saturated heterocycles. The summed E-state index contributed by atoms with van der Waals surface area (Å²) in [5.41, 5.74) is 0.599. The van der Waals surface area contributed by atoms with Crippen LogP contribution in [0.2, 0.25) is 0 Å². The molecule has 0 bridgehead atoms. The van der Waals surface area contributed by atoms with Gasteiger partial charge in [0.2, 0.25) is 0 Å². The van der Waals surface area contributed by atoms with Gasteiger partial charge in [-0.3, -0.25) is 10.1 Å². The molecule has 0 atom stereocenters. The smallest absolute Gasteiger partial charge is 0.258 e. The third kappa shape index (κ3) is 4.01. The lowest BCUT2D eigenvalue weighted by Gasteiger charge is -2.23. The standard InChI is InChI=1S/C14H18BrN3OS/c1-17-7-4-8-18(10-9-17)14(20)16-13(19)11-5-2-3-6-12(11)15/h2-3,5-6H,4,7-10H2,1H3,(H,16,19,20). The number of hydrogen-bond donors (Lipinski definition) is 1. The molecule has 1 heterocycles. The van der Waals surface area contributed by atoms with E-state index in [0.717, 1.165) is 37.1 Å². The van der Waals surface area contributed by atoms with E-state index in [1.165, 1.54) is 0 Å². The Balaban J connectivity index is 1.97. The SMILES string of the molecule is CN1CCCN(C(=S)NC(=O)c2ccccc2Br)CC1. The van der Waals surface area contributed by atoms with Gasteiger partial charge in [0.1, 0.15) is 0 Å². The monoisotopic (exact) mass is 355 g/mol. The summed E-state index contributed by atoms with van der Waals surface area (Å²) < 4.78 is 0.774. The number of nitrogens with one attached hydrogen (secondary N) is 1. The highest BCUT2D eigenvalue weighted by molar-refractivity contribution is 9.10. The van der Waals surface area contributed by atoms with E-state index in [1.54, 1.807) is 6.07 Å². The maximum Gasteiger partial charge on any atom is 0.258 e. The maximum absolute atomic E-state index is 12.2. The van der Waals surface area contributed by atoms with Crippen LogP contribution in [0, 0.1) is 0 Å². The van der Waals surface area contributed by atoms with E-state index in [4.69, 9.17) is 12.2 Å². The predicted octanol–water partition coefficient (Wildman–Crippen LogP) is 2.10. The van der Waals surface area contributed by atoms with E-state index in [0.29, 0.717) is 10.7 Å². The van der Waals surface area contributed by atoms with Crippen LogP contribution in [0.4, 0.5) is 0 Å². The molecule has 4 nitrogen and oxygen atoms in total. The summed E-state index contributed by atoms with van der Waals surface area (Å²) in [6, 6.07) is 7.34. The Kier molecular flexibility index (Phi) is 5.51. The Bertz CT molecular complexity index is 509. The number of carbonyl (C=O) groups excluding carboxylic acids is 1. The van der Waals surface area contributed by atoms with Crippen molar-refractivity contribution in [2.24, 2.45) is 0 Å². The van der Waals surface area contributed by atoms with Gasteiger partial charge in [0.15, 0.2) is 5.11 Å². The molecule has 0 radical (unpaired) electrons. The minimum atomic E-state index is -0.167. The number of amides is 1. The van der Waals surface area contributed by atoms with E-state index >= 15 is 0 Å². The fourth-order valence-corrected chi connectivity index (χ4v) is 2.88. The van der Waals surface area contributed by atoms with Crippen molar-refractivity contribution in [1.82, 2.24) is 15.1 Å². The van der Waals surface area contributed by atoms with Crippen LogP contribution < -0.4 is 5.32 Å². The molecular weight excluding hydrogens is 338 g/mol. The maximum atomic E-state index is 12.2. The second-order valence-corrected chi connectivity index (χ2v) is 6.12. The molecule has 0 aliphatic carbocycles. The van der Waals surface area contributed by atoms with Crippen molar-refractivity contribution in [1.29, 1.82) is 0 Å². The van der Waals surface area contributed by atoms with Gasteiger partial charge in [-0.05, 0) is 60.3 Å². The first kappa shape index (κ1) is 15.4. The van der Waals surface area contributed by atoms with Crippen molar-refractivity contribution >= 4 is 39.2 Å². The summed E-state index contributed by atoms with van der Waals surface area (Å²) in [5, 5.41) is 3.33. The van der Waals surface area contributed by atoms with Gasteiger partial charge in [-0.2, -0.15) is 0 Å². The largest absolute Gasteiger partial charge is 0.348 e. The van der Waals surface area contributed by atoms with E-state index in [1.807, 2.05) is 18.2 Å². The minimum absolute atomic E-state index is 0.167. The first-order chi connectivity index (χ1) is 9.58. The highest BCUT2D eigenvalue weighted by Crippen LogP contribution is 2.15. The third-order valence-electron chi connectivity index (χ3n) is 3.35. The lowest BCUT2D eigenvalue weighted by molar-refractivity contribution is 0.0972. The van der Waals surface area contributed by atoms with E-state index in [2.05, 4.69) is 38.1 Å². The van der Waals surface area contributed by atoms with Crippen LogP contribution in [0.5, 0.6) is 0 Å². The molecular formula is C14H18BrN3OS. The van der Waals surface area contributed by atoms with Crippen LogP contribution in [-0.2, 0) is 0 Å². The van der Waals surface area contributed by atoms with E-state index in [-0.39, 0.29) is 5.91 Å². The summed E-state index contributed by atoms with van der Waals surface area (Å²) in [7, 11) is 2.10. The van der Waals surface area contributed by atoms with Crippen molar-refractivity contribution in [3.63, 3.8) is 0 Å². The fourth-order valence-electron chi connectivity index (χ4n) is 2.14. The number of halogens is 1. The Morgan fingerprint density at radius 3 is 2.75 bits per heavy atom. The number of thiocarbonyl (C=S) groups is 1. The molecule has 1 N–H and O–H groups in total. The predicted molar refractivity (Wildman–Crippen MR) is 87.9 cm³/mol. The second kappa shape index (κ2) is 7.15. The van der Waals surface area contributed by atoms with Crippen molar-refractivity contribution in [2.45, 2.75) is 6.42 Å². The van der Waals surface area contributed by atoms with Gasteiger partial charge in [-0.1, -0.05) is 12.1 Å². The molecule has 0 aromatic heterocycles. The van der Waals surface area contributed by atoms with Crippen LogP contribution in [0.3, 0.4) is 0 Å². The second-order valence-electron chi connectivity index (χ2n) is 4.88. The number of nitrogens with zero attached hydrogens (tertiary/aromatic N) is 2. The highest BCUT2D eigenvalue weighted by Gasteiger charge is 2.17. The number of benzene rings is 1. The molecule has 6 heteroatoms. The van der Waals surface area contributed by atoms with Crippen LogP contribution in [0.15, 0.2) is 28.7 Å². The number of likely N-dealkylation sites (N-methyl/N-ethyl adjacent to an activating group) is 1. The molecule has 0 spiro atoms. The van der Waals surface area contributed by atoms with Crippen molar-refractivity contribution in [3.8, 4) is 0 Å². The summed E-state index contributed by atoms with van der Waals surface area (Å²) in [4.78, 5) is 16.5. The molecule has 1 aromatic rings. The first-order valence-corrected chi connectivity index (χ1v) is 7.81. The van der Waals surface area contributed by atoms with Crippen LogP contribution in [0.25, 0.3) is 0 Å². The van der Waals surface area contributed by atoms with Gasteiger partial charge in [-0.25, -0.2) is 0 Å². The zero-order chi connectivity index (χ0) is 14.5. The Hall–Kier alpha value is -0.980. The lowest BCUT2D eigenvalue weighted by Crippen LogP contribution is -2.44. The Labute approximate surface area is 133 Å². The van der Waals surface area contributed by atoms with Crippen LogP contribution >= 0.6 is 28.1 Å². The first-order valence-electron chi connectivity index (χ1n) is 6.61. The van der Waals surface area contributed by atoms with Gasteiger partial charge in [0.05, 0.1) is 5.56 Å². The Morgan fingerprint density at radius 1 is 1.25 bits per heavy atom. The number of carbonyl (C=O) groups is 1. The molecule has 1 fully saturated rings. The molecule has 2 rings (SSSR count). The molecule has 1 amide bonds. The summed E-state index contributed by atoms with van der Waals surface area (Å²) in [6.45, 7) is 3.77. The molecule has 1 aliphatic rings. The van der Waals surface area contributed by atoms with Crippen LogP contribution in [-0.4, -0.2) is 54.0 Å². The van der Waals surface area contributed by atoms with Crippen molar-refractivity contribution in [2.75, 3.05) is 33.2 Å². The van der Waals surface area contributed by atoms with Crippen molar-refractivity contribution < 1.29 is 4.79 Å². The van der Waals surface area contributed by atoms with Crippen molar-refractivity contribution in [3.05, 3.63) is 34.3 Å². The number of hydrogen-bond acceptors (Lipinski definition) is 3. The highest BCUT2D eigenvalue weighted by atomic mass is 79.9. The number of rotatable bonds is 1. The van der Waals surface area contributed by atoms with Gasteiger partial charge in [0, 0.05) is 24.1 Å². The topological polar surface area (TPSA) is 35.6 Å². The molecule has 0 saturated carbocycles. The molecule has 20 heavy (non-hydrogen) atoms. The quantitative estimate of drug-likeness (QED) is 0.782. The summed E-state index contributed by atoms with van der Waals surface area (Å²) in [6.07, 6.45) is 1.06. The van der Waals surface area contributed by atoms with Crippen LogP contribution in [0.1, 0.15) is 16.8 Å². The Morgan fingerprint density at radius 2 is 2.00 bits per heavy atom. The van der Waals surface area contributed by atoms with Gasteiger partial charge < -0.3 is 9.80 Å². The van der Waals surface area contributed by atoms with E-state index in [9.17, 15) is 4.79 Å². The molecule has 1 aromatic carbocycles. The molecule has 1 aliphatic heterocycles. The zero-order valence-electron chi connectivity index (χ0n) is 11.4. The van der Waals surface area contributed by atoms with Gasteiger partial charge in [-0.15, -0.1) is 0 Å². The third-order valence-corrected chi connectivity index (χ3v) is 4.40. The fraction of sp³-hybridized carbons (Fsp3) is 0.429. The zero-order valence-corrected chi connectivity index (χ0v) is 13.8. The average Bonchev–Trinajstić information content (AvgIpc) is 2.64. The van der Waals surface area contributed by atoms with Gasteiger partial charge >= 0.3 is 0 Å². The summed E-state index contributed by atoms with van der Waals surface area (Å²) in [5.74, 6) is -0.167. The van der Waals surface area contributed by atoms with Gasteiger partial charge in [0.25, 0.3) is 5.91 Å².